The lowest BCUT2D eigenvalue weighted by atomic mass is 9.91. The van der Waals surface area contributed by atoms with Crippen LogP contribution >= 0.6 is 0 Å². The second-order valence-electron chi connectivity index (χ2n) is 8.97. The van der Waals surface area contributed by atoms with Crippen LogP contribution in [0.3, 0.4) is 0 Å². The molecule has 0 aliphatic carbocycles. The number of benzene rings is 2. The predicted molar refractivity (Wildman–Crippen MR) is 126 cm³/mol. The Balaban J connectivity index is 1.41. The molecule has 2 amide bonds. The second-order valence-corrected chi connectivity index (χ2v) is 8.97. The van der Waals surface area contributed by atoms with Crippen molar-refractivity contribution in [3.05, 3.63) is 66.4 Å². The fourth-order valence-corrected chi connectivity index (χ4v) is 3.96. The summed E-state index contributed by atoms with van der Waals surface area (Å²) in [6.07, 6.45) is 1.45. The highest BCUT2D eigenvalue weighted by Crippen LogP contribution is 2.38. The second kappa shape index (κ2) is 9.54. The van der Waals surface area contributed by atoms with E-state index in [4.69, 9.17) is 9.47 Å². The third-order valence-corrected chi connectivity index (χ3v) is 5.37. The molecule has 0 bridgehead atoms. The number of nitrogens with one attached hydrogen (secondary N) is 3. The van der Waals surface area contributed by atoms with E-state index in [1.807, 2.05) is 81.6 Å². The van der Waals surface area contributed by atoms with Crippen LogP contribution in [0.4, 0.5) is 10.5 Å². The van der Waals surface area contributed by atoms with Gasteiger partial charge < -0.3 is 25.0 Å². The zero-order valence-corrected chi connectivity index (χ0v) is 19.1. The Labute approximate surface area is 193 Å². The van der Waals surface area contributed by atoms with Gasteiger partial charge in [-0.05, 0) is 56.2 Å². The number of para-hydroxylation sites is 1. The minimum absolute atomic E-state index is 0.0111. The summed E-state index contributed by atoms with van der Waals surface area (Å²) in [5.41, 5.74) is 2.41. The zero-order chi connectivity index (χ0) is 23.4. The van der Waals surface area contributed by atoms with Gasteiger partial charge in [0.1, 0.15) is 24.1 Å². The van der Waals surface area contributed by atoms with Crippen LogP contribution in [0, 0.1) is 5.92 Å². The highest BCUT2D eigenvalue weighted by atomic mass is 16.6. The van der Waals surface area contributed by atoms with Crippen LogP contribution in [0.1, 0.15) is 26.3 Å². The van der Waals surface area contributed by atoms with Crippen LogP contribution in [0.15, 0.2) is 60.8 Å². The van der Waals surface area contributed by atoms with Gasteiger partial charge in [0.15, 0.2) is 0 Å². The molecule has 2 unspecified atom stereocenters. The Bertz CT molecular complexity index is 1010. The summed E-state index contributed by atoms with van der Waals surface area (Å²) in [5.74, 6) is 0.381. The normalized spacial score (nSPS) is 19.9. The highest BCUT2D eigenvalue weighted by molar-refractivity contribution is 5.96. The molecule has 2 atom stereocenters. The van der Waals surface area contributed by atoms with Gasteiger partial charge in [-0.2, -0.15) is 0 Å². The van der Waals surface area contributed by atoms with E-state index in [0.29, 0.717) is 25.6 Å². The van der Waals surface area contributed by atoms with Crippen molar-refractivity contribution in [3.63, 3.8) is 0 Å². The van der Waals surface area contributed by atoms with Crippen LogP contribution in [0.2, 0.25) is 0 Å². The minimum atomic E-state index is -0.532. The molecule has 2 aromatic carbocycles. The van der Waals surface area contributed by atoms with Crippen LogP contribution in [-0.4, -0.2) is 43.6 Å². The van der Waals surface area contributed by atoms with Crippen molar-refractivity contribution in [2.24, 2.45) is 5.92 Å². The summed E-state index contributed by atoms with van der Waals surface area (Å²) in [5, 5.41) is 8.98. The van der Waals surface area contributed by atoms with Crippen molar-refractivity contribution in [2.75, 3.05) is 24.7 Å². The molecule has 0 aromatic heterocycles. The molecule has 174 valence electrons. The van der Waals surface area contributed by atoms with Gasteiger partial charge in [0.2, 0.25) is 5.91 Å². The van der Waals surface area contributed by atoms with Crippen molar-refractivity contribution in [1.29, 1.82) is 0 Å². The van der Waals surface area contributed by atoms with Crippen molar-refractivity contribution in [1.82, 2.24) is 16.0 Å². The van der Waals surface area contributed by atoms with Crippen molar-refractivity contribution < 1.29 is 19.1 Å². The summed E-state index contributed by atoms with van der Waals surface area (Å²) in [6.45, 7) is 6.55. The molecule has 2 aliphatic heterocycles. The molecule has 0 saturated carbocycles. The van der Waals surface area contributed by atoms with E-state index in [1.165, 1.54) is 0 Å². The molecule has 4 rings (SSSR count). The van der Waals surface area contributed by atoms with Crippen LogP contribution in [-0.2, 0) is 9.53 Å². The lowest BCUT2D eigenvalue weighted by molar-refractivity contribution is -0.125. The van der Waals surface area contributed by atoms with Crippen molar-refractivity contribution >= 4 is 23.3 Å². The smallest absolute Gasteiger partial charge is 0.407 e. The Morgan fingerprint density at radius 2 is 1.85 bits per heavy atom. The molecule has 8 nitrogen and oxygen atoms in total. The zero-order valence-electron chi connectivity index (χ0n) is 19.1. The van der Waals surface area contributed by atoms with Crippen LogP contribution < -0.4 is 25.6 Å². The lowest BCUT2D eigenvalue weighted by Crippen LogP contribution is -2.58. The van der Waals surface area contributed by atoms with E-state index in [9.17, 15) is 9.59 Å². The van der Waals surface area contributed by atoms with Gasteiger partial charge in [0.25, 0.3) is 0 Å². The summed E-state index contributed by atoms with van der Waals surface area (Å²) < 4.78 is 10.9. The maximum Gasteiger partial charge on any atom is 0.407 e. The number of nitrogens with zero attached hydrogens (tertiary/aromatic N) is 1. The van der Waals surface area contributed by atoms with Crippen molar-refractivity contribution in [2.45, 2.75) is 32.5 Å². The maximum atomic E-state index is 12.7. The van der Waals surface area contributed by atoms with Gasteiger partial charge in [-0.25, -0.2) is 4.79 Å². The first-order valence-corrected chi connectivity index (χ1v) is 11.1. The number of anilines is 1. The first-order chi connectivity index (χ1) is 15.8. The topological polar surface area (TPSA) is 91.9 Å². The number of hydrogen-bond donors (Lipinski definition) is 3. The Hall–Kier alpha value is -3.52. The maximum absolute atomic E-state index is 12.7. The molecule has 33 heavy (non-hydrogen) atoms. The summed E-state index contributed by atoms with van der Waals surface area (Å²) >= 11 is 0. The average molecular weight is 451 g/mol. The van der Waals surface area contributed by atoms with E-state index in [-0.39, 0.29) is 18.0 Å². The van der Waals surface area contributed by atoms with Crippen molar-refractivity contribution in [3.8, 4) is 5.75 Å². The summed E-state index contributed by atoms with van der Waals surface area (Å²) in [4.78, 5) is 26.5. The lowest BCUT2D eigenvalue weighted by Gasteiger charge is -2.34. The number of fused-ring (bicyclic) bond motifs is 1. The number of carbonyl (C=O) groups is 2. The average Bonchev–Trinajstić information content (AvgIpc) is 3.18. The van der Waals surface area contributed by atoms with Crippen LogP contribution in [0.5, 0.6) is 5.75 Å². The molecule has 0 radical (unpaired) electrons. The number of hydrogen-bond acceptors (Lipinski definition) is 6. The molecular formula is C25H30N4O4. The Morgan fingerprint density at radius 3 is 2.55 bits per heavy atom. The predicted octanol–water partition coefficient (Wildman–Crippen LogP) is 3.07. The highest BCUT2D eigenvalue weighted by Gasteiger charge is 2.43. The van der Waals surface area contributed by atoms with Gasteiger partial charge in [0, 0.05) is 11.9 Å². The van der Waals surface area contributed by atoms with Gasteiger partial charge in [-0.15, -0.1) is 0 Å². The number of amides is 2. The van der Waals surface area contributed by atoms with Crippen LogP contribution in [0.25, 0.3) is 5.57 Å². The first-order valence-electron chi connectivity index (χ1n) is 11.1. The van der Waals surface area contributed by atoms with E-state index < -0.39 is 11.7 Å². The monoisotopic (exact) mass is 450 g/mol. The van der Waals surface area contributed by atoms with E-state index in [1.54, 1.807) is 0 Å². The molecule has 3 N–H and O–H groups in total. The molecule has 2 heterocycles. The minimum Gasteiger partial charge on any atom is -0.492 e. The fraction of sp³-hybridized carbons (Fsp3) is 0.360. The van der Waals surface area contributed by atoms with Gasteiger partial charge >= 0.3 is 6.09 Å². The number of alkyl carbamates (subject to hydrolysis) is 1. The molecule has 8 heteroatoms. The quantitative estimate of drug-likeness (QED) is 0.586. The molecule has 0 spiro atoms. The van der Waals surface area contributed by atoms with E-state index in [2.05, 4.69) is 20.9 Å². The standard InChI is InChI=1S/C25H30N4O4/c1-25(2,3)33-24(31)26-13-14-32-19-11-9-17(10-12-19)20-15-29(18-7-5-4-6-8-18)22-21(20)23(30)28-16-27-22/h4-12,15,21-22,27H,13-14,16H2,1-3H3,(H,26,31)(H,28,30). The molecular weight excluding hydrogens is 420 g/mol. The largest absolute Gasteiger partial charge is 0.492 e. The number of ether oxygens (including phenoxy) is 2. The molecule has 1 saturated heterocycles. The molecule has 1 fully saturated rings. The molecule has 2 aromatic rings. The van der Waals surface area contributed by atoms with Gasteiger partial charge in [-0.1, -0.05) is 30.3 Å². The van der Waals surface area contributed by atoms with Gasteiger partial charge in [-0.3, -0.25) is 10.1 Å². The third kappa shape index (κ3) is 5.46. The van der Waals surface area contributed by atoms with Gasteiger partial charge in [0.05, 0.1) is 19.1 Å². The third-order valence-electron chi connectivity index (χ3n) is 5.37. The number of rotatable bonds is 6. The molecule has 2 aliphatic rings. The fourth-order valence-electron chi connectivity index (χ4n) is 3.96. The SMILES string of the molecule is CC(C)(C)OC(=O)NCCOc1ccc(C2=CN(c3ccccc3)C3NCNC(=O)C23)cc1. The van der Waals surface area contributed by atoms with E-state index in [0.717, 1.165) is 16.8 Å². The summed E-state index contributed by atoms with van der Waals surface area (Å²) in [6, 6.07) is 17.7. The Kier molecular flexibility index (Phi) is 6.55. The van der Waals surface area contributed by atoms with E-state index >= 15 is 0 Å². The first kappa shape index (κ1) is 22.7. The Morgan fingerprint density at radius 1 is 1.12 bits per heavy atom. The summed E-state index contributed by atoms with van der Waals surface area (Å²) in [7, 11) is 0. The number of carbonyl (C=O) groups excluding carboxylic acids is 2.